The zero-order chi connectivity index (χ0) is 22.1. The summed E-state index contributed by atoms with van der Waals surface area (Å²) in [6.07, 6.45) is 1.45. The van der Waals surface area contributed by atoms with E-state index in [0.717, 1.165) is 0 Å². The van der Waals surface area contributed by atoms with Gasteiger partial charge >= 0.3 is 0 Å². The summed E-state index contributed by atoms with van der Waals surface area (Å²) in [5.74, 6) is -0.485. The average Bonchev–Trinajstić information content (AvgIpc) is 3.40. The standard InChI is InChI=1S/C24H21NO6/c1-14-13-15(29-2)10-11-16(14)22(26)20-21(19-9-6-12-31-19)25(24(28)23(20)27)17-7-4-5-8-18(17)30-3/h4-13,21,26H,1-3H3/b22-20-. The van der Waals surface area contributed by atoms with Crippen LogP contribution in [-0.4, -0.2) is 31.0 Å². The zero-order valence-electron chi connectivity index (χ0n) is 17.3. The summed E-state index contributed by atoms with van der Waals surface area (Å²) < 4.78 is 16.2. The van der Waals surface area contributed by atoms with Gasteiger partial charge in [-0.05, 0) is 55.0 Å². The number of rotatable bonds is 5. The Kier molecular flexibility index (Phi) is 5.25. The number of anilines is 1. The number of benzene rings is 2. The summed E-state index contributed by atoms with van der Waals surface area (Å²) in [6.45, 7) is 1.79. The molecule has 1 amide bonds. The summed E-state index contributed by atoms with van der Waals surface area (Å²) in [6, 6.07) is 14.3. The Balaban J connectivity index is 1.95. The Bertz CT molecular complexity index is 1180. The number of furan rings is 1. The van der Waals surface area contributed by atoms with Gasteiger partial charge in [-0.1, -0.05) is 12.1 Å². The highest BCUT2D eigenvalue weighted by molar-refractivity contribution is 6.51. The number of aryl methyl sites for hydroxylation is 1. The van der Waals surface area contributed by atoms with E-state index < -0.39 is 17.7 Å². The van der Waals surface area contributed by atoms with Gasteiger partial charge in [0.2, 0.25) is 0 Å². The number of ether oxygens (including phenoxy) is 2. The third-order valence-corrected chi connectivity index (χ3v) is 5.29. The third-order valence-electron chi connectivity index (χ3n) is 5.29. The highest BCUT2D eigenvalue weighted by Gasteiger charge is 2.49. The fourth-order valence-corrected chi connectivity index (χ4v) is 3.80. The fraction of sp³-hybridized carbons (Fsp3) is 0.167. The molecule has 7 heteroatoms. The first kappa shape index (κ1) is 20.3. The molecule has 1 aliphatic rings. The Morgan fingerprint density at radius 1 is 1.03 bits per heavy atom. The molecule has 3 aromatic rings. The van der Waals surface area contributed by atoms with E-state index >= 15 is 0 Å². The zero-order valence-corrected chi connectivity index (χ0v) is 17.3. The van der Waals surface area contributed by atoms with Crippen molar-refractivity contribution in [3.05, 3.63) is 83.3 Å². The lowest BCUT2D eigenvalue weighted by Crippen LogP contribution is -2.29. The van der Waals surface area contributed by atoms with Gasteiger partial charge in [-0.3, -0.25) is 14.5 Å². The van der Waals surface area contributed by atoms with E-state index in [2.05, 4.69) is 0 Å². The van der Waals surface area contributed by atoms with Crippen molar-refractivity contribution in [1.29, 1.82) is 0 Å². The molecule has 1 aliphatic heterocycles. The molecule has 0 bridgehead atoms. The number of ketones is 1. The van der Waals surface area contributed by atoms with Crippen molar-refractivity contribution in [3.63, 3.8) is 0 Å². The first-order valence-corrected chi connectivity index (χ1v) is 9.60. The molecule has 0 spiro atoms. The maximum Gasteiger partial charge on any atom is 0.300 e. The normalized spacial score (nSPS) is 17.8. The Hall–Kier alpha value is -4.00. The molecule has 1 N–H and O–H groups in total. The summed E-state index contributed by atoms with van der Waals surface area (Å²) in [4.78, 5) is 27.5. The van der Waals surface area contributed by atoms with Crippen molar-refractivity contribution < 1.29 is 28.6 Å². The number of para-hydroxylation sites is 2. The SMILES string of the molecule is COc1ccc(/C(O)=C2/C(=O)C(=O)N(c3ccccc3OC)C2c2ccco2)c(C)c1. The first-order chi connectivity index (χ1) is 15.0. The van der Waals surface area contributed by atoms with Gasteiger partial charge in [-0.15, -0.1) is 0 Å². The lowest BCUT2D eigenvalue weighted by molar-refractivity contribution is -0.132. The number of aliphatic hydroxyl groups excluding tert-OH is 1. The van der Waals surface area contributed by atoms with Crippen molar-refractivity contribution in [3.8, 4) is 11.5 Å². The number of carbonyl (C=O) groups excluding carboxylic acids is 2. The number of hydrogen-bond donors (Lipinski definition) is 1. The Labute approximate surface area is 179 Å². The van der Waals surface area contributed by atoms with Crippen LogP contribution in [-0.2, 0) is 9.59 Å². The first-order valence-electron chi connectivity index (χ1n) is 9.60. The van der Waals surface area contributed by atoms with Crippen LogP contribution < -0.4 is 14.4 Å². The average molecular weight is 419 g/mol. The van der Waals surface area contributed by atoms with Crippen LogP contribution in [0.4, 0.5) is 5.69 Å². The summed E-state index contributed by atoms with van der Waals surface area (Å²) in [5, 5.41) is 11.2. The van der Waals surface area contributed by atoms with Crippen LogP contribution in [0.1, 0.15) is 22.9 Å². The van der Waals surface area contributed by atoms with Gasteiger partial charge in [-0.25, -0.2) is 0 Å². The van der Waals surface area contributed by atoms with E-state index in [9.17, 15) is 14.7 Å². The Morgan fingerprint density at radius 3 is 2.45 bits per heavy atom. The monoisotopic (exact) mass is 419 g/mol. The molecule has 2 heterocycles. The summed E-state index contributed by atoms with van der Waals surface area (Å²) >= 11 is 0. The largest absolute Gasteiger partial charge is 0.507 e. The van der Waals surface area contributed by atoms with Crippen LogP contribution in [0.5, 0.6) is 11.5 Å². The van der Waals surface area contributed by atoms with Gasteiger partial charge in [0.25, 0.3) is 11.7 Å². The van der Waals surface area contributed by atoms with Gasteiger partial charge in [0, 0.05) is 5.56 Å². The highest BCUT2D eigenvalue weighted by Crippen LogP contribution is 2.45. The maximum atomic E-state index is 13.1. The quantitative estimate of drug-likeness (QED) is 0.378. The van der Waals surface area contributed by atoms with Gasteiger partial charge in [0.1, 0.15) is 29.1 Å². The predicted octanol–water partition coefficient (Wildman–Crippen LogP) is 4.23. The molecule has 0 aliphatic carbocycles. The highest BCUT2D eigenvalue weighted by atomic mass is 16.5. The third kappa shape index (κ3) is 3.34. The molecule has 2 aromatic carbocycles. The van der Waals surface area contributed by atoms with E-state index in [1.54, 1.807) is 68.6 Å². The molecule has 1 atom stereocenters. The molecule has 1 aromatic heterocycles. The molecular formula is C24H21NO6. The van der Waals surface area contributed by atoms with E-state index in [-0.39, 0.29) is 11.3 Å². The molecule has 1 fully saturated rings. The molecule has 4 rings (SSSR count). The number of amides is 1. The van der Waals surface area contributed by atoms with Crippen molar-refractivity contribution >= 4 is 23.1 Å². The van der Waals surface area contributed by atoms with Gasteiger partial charge in [0.15, 0.2) is 0 Å². The van der Waals surface area contributed by atoms with Crippen LogP contribution in [0.3, 0.4) is 0 Å². The van der Waals surface area contributed by atoms with E-state index in [1.807, 2.05) is 0 Å². The number of aliphatic hydroxyl groups is 1. The van der Waals surface area contributed by atoms with E-state index in [1.165, 1.54) is 18.3 Å². The molecule has 0 saturated carbocycles. The molecule has 158 valence electrons. The minimum Gasteiger partial charge on any atom is -0.507 e. The molecular weight excluding hydrogens is 398 g/mol. The van der Waals surface area contributed by atoms with Crippen molar-refractivity contribution in [2.75, 3.05) is 19.1 Å². The lowest BCUT2D eigenvalue weighted by Gasteiger charge is -2.25. The predicted molar refractivity (Wildman–Crippen MR) is 114 cm³/mol. The van der Waals surface area contributed by atoms with Crippen LogP contribution >= 0.6 is 0 Å². The van der Waals surface area contributed by atoms with E-state index in [0.29, 0.717) is 34.1 Å². The smallest absolute Gasteiger partial charge is 0.300 e. The number of carbonyl (C=O) groups is 2. The topological polar surface area (TPSA) is 89.2 Å². The minimum absolute atomic E-state index is 0.0564. The van der Waals surface area contributed by atoms with Crippen molar-refractivity contribution in [2.45, 2.75) is 13.0 Å². The second-order valence-corrected chi connectivity index (χ2v) is 7.04. The molecule has 7 nitrogen and oxygen atoms in total. The minimum atomic E-state index is -0.951. The number of hydrogen-bond acceptors (Lipinski definition) is 6. The lowest BCUT2D eigenvalue weighted by atomic mass is 9.96. The Morgan fingerprint density at radius 2 is 1.81 bits per heavy atom. The van der Waals surface area contributed by atoms with Crippen LogP contribution in [0.2, 0.25) is 0 Å². The maximum absolute atomic E-state index is 13.1. The van der Waals surface area contributed by atoms with Gasteiger partial charge < -0.3 is 19.0 Å². The van der Waals surface area contributed by atoms with Gasteiger partial charge in [-0.2, -0.15) is 0 Å². The van der Waals surface area contributed by atoms with Crippen molar-refractivity contribution in [1.82, 2.24) is 0 Å². The van der Waals surface area contributed by atoms with Crippen LogP contribution in [0, 0.1) is 6.92 Å². The molecule has 31 heavy (non-hydrogen) atoms. The second-order valence-electron chi connectivity index (χ2n) is 7.04. The second kappa shape index (κ2) is 8.02. The summed E-state index contributed by atoms with van der Waals surface area (Å²) in [7, 11) is 3.03. The molecule has 0 radical (unpaired) electrons. The number of nitrogens with zero attached hydrogens (tertiary/aromatic N) is 1. The van der Waals surface area contributed by atoms with Gasteiger partial charge in [0.05, 0.1) is 31.7 Å². The van der Waals surface area contributed by atoms with Crippen molar-refractivity contribution in [2.24, 2.45) is 0 Å². The molecule has 1 unspecified atom stereocenters. The van der Waals surface area contributed by atoms with Crippen LogP contribution in [0.25, 0.3) is 5.76 Å². The number of Topliss-reactive ketones (excluding diaryl/α,β-unsaturated/α-hetero) is 1. The fourth-order valence-electron chi connectivity index (χ4n) is 3.80. The van der Waals surface area contributed by atoms with Crippen LogP contribution in [0.15, 0.2) is 70.9 Å². The van der Waals surface area contributed by atoms with E-state index in [4.69, 9.17) is 13.9 Å². The molecule has 1 saturated heterocycles. The summed E-state index contributed by atoms with van der Waals surface area (Å²) in [5.41, 5.74) is 1.46. The number of methoxy groups -OCH3 is 2.